The molecule has 0 aliphatic carbocycles. The molecule has 4 nitrogen and oxygen atoms in total. The van der Waals surface area contributed by atoms with E-state index in [0.717, 1.165) is 51.3 Å². The molecule has 0 spiro atoms. The minimum Gasteiger partial charge on any atom is -0.326 e. The first-order valence-electron chi connectivity index (χ1n) is 11.2. The number of rotatable bonds is 4. The summed E-state index contributed by atoms with van der Waals surface area (Å²) in [5, 5.41) is 0. The Kier molecular flexibility index (Phi) is 4.58. The quantitative estimate of drug-likeness (QED) is 0.313. The Morgan fingerprint density at radius 3 is 2.24 bits per heavy atom. The summed E-state index contributed by atoms with van der Waals surface area (Å²) in [6.45, 7) is 5.04. The zero-order chi connectivity index (χ0) is 22.4. The zero-order valence-corrected chi connectivity index (χ0v) is 18.7. The second-order valence-corrected chi connectivity index (χ2v) is 8.57. The number of hydrogen-bond acceptors (Lipinski definition) is 2. The van der Waals surface area contributed by atoms with Crippen molar-refractivity contribution >= 4 is 22.1 Å². The largest absolute Gasteiger partial charge is 0.326 e. The van der Waals surface area contributed by atoms with Gasteiger partial charge in [0.15, 0.2) is 0 Å². The van der Waals surface area contributed by atoms with Gasteiger partial charge < -0.3 is 4.57 Å². The maximum absolute atomic E-state index is 5.14. The van der Waals surface area contributed by atoms with Crippen LogP contribution < -0.4 is 0 Å². The average molecular weight is 429 g/mol. The van der Waals surface area contributed by atoms with Gasteiger partial charge in [-0.2, -0.15) is 0 Å². The van der Waals surface area contributed by atoms with Crippen LogP contribution in [0.25, 0.3) is 39.1 Å². The molecule has 33 heavy (non-hydrogen) atoms. The molecule has 0 saturated heterocycles. The molecule has 2 heterocycles. The predicted molar refractivity (Wildman–Crippen MR) is 135 cm³/mol. The van der Waals surface area contributed by atoms with E-state index in [1.54, 1.807) is 0 Å². The Labute approximate surface area is 192 Å². The minimum atomic E-state index is 0.786. The van der Waals surface area contributed by atoms with E-state index in [2.05, 4.69) is 102 Å². The van der Waals surface area contributed by atoms with Crippen molar-refractivity contribution in [3.05, 3.63) is 114 Å². The van der Waals surface area contributed by atoms with Crippen LogP contribution in [0.1, 0.15) is 16.7 Å². The molecule has 2 aromatic heterocycles. The lowest BCUT2D eigenvalue weighted by atomic mass is 10.1. The fourth-order valence-corrected chi connectivity index (χ4v) is 4.64. The molecular formula is C29H24N4. The second kappa shape index (κ2) is 7.75. The Balaban J connectivity index is 1.59. The van der Waals surface area contributed by atoms with E-state index in [9.17, 15) is 0 Å². The van der Waals surface area contributed by atoms with Crippen LogP contribution in [0.3, 0.4) is 0 Å². The third-order valence-corrected chi connectivity index (χ3v) is 6.27. The van der Waals surface area contributed by atoms with Gasteiger partial charge in [-0.25, -0.2) is 9.97 Å². The second-order valence-electron chi connectivity index (χ2n) is 8.57. The topological polar surface area (TPSA) is 35.6 Å². The van der Waals surface area contributed by atoms with E-state index >= 15 is 0 Å². The summed E-state index contributed by atoms with van der Waals surface area (Å²) in [5.41, 5.74) is 10.1. The van der Waals surface area contributed by atoms with Gasteiger partial charge in [0.2, 0.25) is 0 Å². The Morgan fingerprint density at radius 2 is 1.45 bits per heavy atom. The highest BCUT2D eigenvalue weighted by molar-refractivity contribution is 5.89. The van der Waals surface area contributed by atoms with Gasteiger partial charge >= 0.3 is 0 Å². The van der Waals surface area contributed by atoms with Crippen LogP contribution >= 0.6 is 0 Å². The Bertz CT molecular complexity index is 1590. The lowest BCUT2D eigenvalue weighted by molar-refractivity contribution is 0.824. The zero-order valence-electron chi connectivity index (χ0n) is 18.7. The first-order chi connectivity index (χ1) is 16.2. The van der Waals surface area contributed by atoms with Gasteiger partial charge in [-0.1, -0.05) is 60.7 Å². The highest BCUT2D eigenvalue weighted by atomic mass is 15.1. The molecular weight excluding hydrogens is 404 g/mol. The number of para-hydroxylation sites is 2. The first kappa shape index (κ1) is 19.5. The lowest BCUT2D eigenvalue weighted by Gasteiger charge is -2.11. The van der Waals surface area contributed by atoms with Gasteiger partial charge in [-0.15, -0.1) is 0 Å². The van der Waals surface area contributed by atoms with Crippen molar-refractivity contribution in [2.24, 2.45) is 0 Å². The van der Waals surface area contributed by atoms with Crippen molar-refractivity contribution in [2.45, 2.75) is 20.4 Å². The summed E-state index contributed by atoms with van der Waals surface area (Å²) < 4.78 is 4.49. The van der Waals surface area contributed by atoms with Crippen LogP contribution in [0, 0.1) is 13.8 Å². The minimum absolute atomic E-state index is 0.786. The molecule has 0 bridgehead atoms. The molecule has 4 heteroatoms. The fraction of sp³-hybridized carbons (Fsp3) is 0.103. The van der Waals surface area contributed by atoms with Gasteiger partial charge in [-0.05, 0) is 60.9 Å². The number of imidazole rings is 2. The van der Waals surface area contributed by atoms with E-state index < -0.39 is 0 Å². The van der Waals surface area contributed by atoms with Crippen LogP contribution in [0.15, 0.2) is 97.3 Å². The predicted octanol–water partition coefficient (Wildman–Crippen LogP) is 6.71. The van der Waals surface area contributed by atoms with Gasteiger partial charge in [0.25, 0.3) is 0 Å². The van der Waals surface area contributed by atoms with E-state index in [1.165, 1.54) is 11.1 Å². The van der Waals surface area contributed by atoms with E-state index in [1.807, 2.05) is 18.5 Å². The molecule has 0 saturated carbocycles. The van der Waals surface area contributed by atoms with E-state index in [-0.39, 0.29) is 0 Å². The Morgan fingerprint density at radius 1 is 0.697 bits per heavy atom. The van der Waals surface area contributed by atoms with Crippen LogP contribution in [-0.4, -0.2) is 19.1 Å². The van der Waals surface area contributed by atoms with Gasteiger partial charge in [0.1, 0.15) is 5.82 Å². The fourth-order valence-electron chi connectivity index (χ4n) is 4.64. The molecule has 0 radical (unpaired) electrons. The lowest BCUT2D eigenvalue weighted by Crippen LogP contribution is -2.00. The van der Waals surface area contributed by atoms with E-state index in [4.69, 9.17) is 9.97 Å². The molecule has 0 atom stereocenters. The van der Waals surface area contributed by atoms with Crippen molar-refractivity contribution in [3.63, 3.8) is 0 Å². The monoisotopic (exact) mass is 428 g/mol. The van der Waals surface area contributed by atoms with Crippen molar-refractivity contribution in [1.29, 1.82) is 0 Å². The van der Waals surface area contributed by atoms with Gasteiger partial charge in [0, 0.05) is 17.8 Å². The molecule has 6 rings (SSSR count). The molecule has 4 aromatic carbocycles. The SMILES string of the molecule is Cc1cc(-c2nc3c(C)cccc3n2-c2ccccc2)cc2c1ncn2Cc1ccccc1. The number of nitrogens with zero attached hydrogens (tertiary/aromatic N) is 4. The summed E-state index contributed by atoms with van der Waals surface area (Å²) in [4.78, 5) is 9.86. The van der Waals surface area contributed by atoms with E-state index in [0.29, 0.717) is 0 Å². The molecule has 0 fully saturated rings. The maximum Gasteiger partial charge on any atom is 0.145 e. The number of aromatic nitrogens is 4. The van der Waals surface area contributed by atoms with Crippen molar-refractivity contribution in [2.75, 3.05) is 0 Å². The average Bonchev–Trinajstić information content (AvgIpc) is 3.43. The summed E-state index contributed by atoms with van der Waals surface area (Å²) in [7, 11) is 0. The number of fused-ring (bicyclic) bond motifs is 2. The first-order valence-corrected chi connectivity index (χ1v) is 11.2. The third kappa shape index (κ3) is 3.31. The number of aryl methyl sites for hydroxylation is 2. The van der Waals surface area contributed by atoms with Crippen LogP contribution in [0.4, 0.5) is 0 Å². The van der Waals surface area contributed by atoms with Crippen molar-refractivity contribution < 1.29 is 0 Å². The maximum atomic E-state index is 5.14. The normalized spacial score (nSPS) is 11.5. The van der Waals surface area contributed by atoms with Crippen LogP contribution in [0.5, 0.6) is 0 Å². The van der Waals surface area contributed by atoms with Crippen LogP contribution in [-0.2, 0) is 6.54 Å². The molecule has 0 aliphatic heterocycles. The summed E-state index contributed by atoms with van der Waals surface area (Å²) in [6.07, 6.45) is 1.94. The van der Waals surface area contributed by atoms with Gasteiger partial charge in [0.05, 0.1) is 28.4 Å². The van der Waals surface area contributed by atoms with Crippen molar-refractivity contribution in [3.8, 4) is 17.1 Å². The molecule has 0 N–H and O–H groups in total. The highest BCUT2D eigenvalue weighted by Gasteiger charge is 2.18. The number of hydrogen-bond donors (Lipinski definition) is 0. The highest BCUT2D eigenvalue weighted by Crippen LogP contribution is 2.33. The molecule has 0 amide bonds. The number of benzene rings is 4. The summed E-state index contributed by atoms with van der Waals surface area (Å²) in [6, 6.07) is 31.8. The van der Waals surface area contributed by atoms with Crippen LogP contribution in [0.2, 0.25) is 0 Å². The molecule has 0 aliphatic rings. The summed E-state index contributed by atoms with van der Waals surface area (Å²) in [5.74, 6) is 0.947. The smallest absolute Gasteiger partial charge is 0.145 e. The van der Waals surface area contributed by atoms with Gasteiger partial charge in [-0.3, -0.25) is 4.57 Å². The molecule has 0 unspecified atom stereocenters. The molecule has 160 valence electrons. The standard InChI is InChI=1S/C29H24N4/c1-20-10-9-15-25-28(20)31-29(33(25)24-13-7-4-8-14-24)23-16-21(2)27-26(17-23)32(19-30-27)18-22-11-5-3-6-12-22/h3-17,19H,18H2,1-2H3. The molecule has 6 aromatic rings. The third-order valence-electron chi connectivity index (χ3n) is 6.27. The Hall–Kier alpha value is -4.18. The summed E-state index contributed by atoms with van der Waals surface area (Å²) >= 11 is 0. The van der Waals surface area contributed by atoms with Crippen molar-refractivity contribution in [1.82, 2.24) is 19.1 Å².